The molecule has 1 heterocycles. The molecule has 0 unspecified atom stereocenters. The minimum Gasteiger partial charge on any atom is -0.495 e. The van der Waals surface area contributed by atoms with Crippen LogP contribution in [-0.2, 0) is 6.54 Å². The number of nitrogens with one attached hydrogen (secondary N) is 2. The normalized spacial score (nSPS) is 10.4. The van der Waals surface area contributed by atoms with Gasteiger partial charge in [0.1, 0.15) is 5.75 Å². The third kappa shape index (κ3) is 4.81. The molecule has 6 heteroatoms. The maximum absolute atomic E-state index is 12.7. The number of nitrogens with zero attached hydrogens (tertiary/aromatic N) is 1. The summed E-state index contributed by atoms with van der Waals surface area (Å²) in [7, 11) is 1.54. The number of hydrogen-bond donors (Lipinski definition) is 2. The lowest BCUT2D eigenvalue weighted by Crippen LogP contribution is -2.13. The zero-order chi connectivity index (χ0) is 20.1. The van der Waals surface area contributed by atoms with E-state index in [4.69, 9.17) is 16.3 Å². The Morgan fingerprint density at radius 1 is 1.11 bits per heavy atom. The Kier molecular flexibility index (Phi) is 6.16. The molecule has 3 rings (SSSR count). The van der Waals surface area contributed by atoms with Crippen LogP contribution in [0, 0.1) is 13.8 Å². The SMILES string of the molecule is COc1cc(Cl)c(C)cc1NC(=O)c1cncc(NCc2ccc(C)cc2)c1. The number of carbonyl (C=O) groups excluding carboxylic acids is 1. The van der Waals surface area contributed by atoms with Crippen LogP contribution in [0.25, 0.3) is 0 Å². The Balaban J connectivity index is 1.72. The van der Waals surface area contributed by atoms with Crippen molar-refractivity contribution in [3.8, 4) is 5.75 Å². The highest BCUT2D eigenvalue weighted by Crippen LogP contribution is 2.31. The number of hydrogen-bond acceptors (Lipinski definition) is 4. The second-order valence-corrected chi connectivity index (χ2v) is 6.96. The number of benzene rings is 2. The molecular formula is C22H22ClN3O2. The van der Waals surface area contributed by atoms with Gasteiger partial charge >= 0.3 is 0 Å². The zero-order valence-corrected chi connectivity index (χ0v) is 16.8. The van der Waals surface area contributed by atoms with Crippen LogP contribution < -0.4 is 15.4 Å². The highest BCUT2D eigenvalue weighted by molar-refractivity contribution is 6.31. The molecule has 0 aliphatic rings. The van der Waals surface area contributed by atoms with Crippen LogP contribution in [0.1, 0.15) is 27.0 Å². The number of halogens is 1. The largest absolute Gasteiger partial charge is 0.495 e. The maximum Gasteiger partial charge on any atom is 0.257 e. The second kappa shape index (κ2) is 8.76. The van der Waals surface area contributed by atoms with Crippen LogP contribution in [0.15, 0.2) is 54.9 Å². The van der Waals surface area contributed by atoms with E-state index in [1.807, 2.05) is 6.92 Å². The summed E-state index contributed by atoms with van der Waals surface area (Å²) in [5, 5.41) is 6.74. The second-order valence-electron chi connectivity index (χ2n) is 6.56. The number of carbonyl (C=O) groups is 1. The zero-order valence-electron chi connectivity index (χ0n) is 16.0. The van der Waals surface area contributed by atoms with Gasteiger partial charge in [-0.25, -0.2) is 0 Å². The van der Waals surface area contributed by atoms with Gasteiger partial charge in [0.2, 0.25) is 0 Å². The number of methoxy groups -OCH3 is 1. The summed E-state index contributed by atoms with van der Waals surface area (Å²) < 4.78 is 5.31. The molecule has 0 aliphatic heterocycles. The molecule has 0 bridgehead atoms. The van der Waals surface area contributed by atoms with Crippen LogP contribution in [-0.4, -0.2) is 18.0 Å². The first-order valence-corrected chi connectivity index (χ1v) is 9.24. The fourth-order valence-corrected chi connectivity index (χ4v) is 2.85. The number of ether oxygens (including phenoxy) is 1. The van der Waals surface area contributed by atoms with E-state index in [0.717, 1.165) is 16.8 Å². The van der Waals surface area contributed by atoms with E-state index < -0.39 is 0 Å². The molecule has 0 atom stereocenters. The van der Waals surface area contributed by atoms with Crippen molar-refractivity contribution in [2.24, 2.45) is 0 Å². The van der Waals surface area contributed by atoms with Gasteiger partial charge in [-0.15, -0.1) is 0 Å². The van der Waals surface area contributed by atoms with E-state index in [1.165, 1.54) is 18.9 Å². The van der Waals surface area contributed by atoms with Crippen molar-refractivity contribution in [3.05, 3.63) is 82.1 Å². The van der Waals surface area contributed by atoms with Crippen LogP contribution in [0.2, 0.25) is 5.02 Å². The van der Waals surface area contributed by atoms with E-state index in [-0.39, 0.29) is 5.91 Å². The fraction of sp³-hybridized carbons (Fsp3) is 0.182. The lowest BCUT2D eigenvalue weighted by Gasteiger charge is -2.13. The highest BCUT2D eigenvalue weighted by atomic mass is 35.5. The molecule has 2 N–H and O–H groups in total. The molecule has 1 aromatic heterocycles. The summed E-state index contributed by atoms with van der Waals surface area (Å²) in [6, 6.07) is 13.5. The third-order valence-electron chi connectivity index (χ3n) is 4.35. The molecule has 3 aromatic rings. The molecule has 0 saturated heterocycles. The first-order chi connectivity index (χ1) is 13.5. The summed E-state index contributed by atoms with van der Waals surface area (Å²) in [6.07, 6.45) is 3.22. The first-order valence-electron chi connectivity index (χ1n) is 8.86. The molecule has 2 aromatic carbocycles. The van der Waals surface area contributed by atoms with Crippen LogP contribution in [0.5, 0.6) is 5.75 Å². The fourth-order valence-electron chi connectivity index (χ4n) is 2.70. The standard InChI is InChI=1S/C22H22ClN3O2/c1-14-4-6-16(7-5-14)11-25-18-9-17(12-24-13-18)22(27)26-20-8-15(2)19(23)10-21(20)28-3/h4-10,12-13,25H,11H2,1-3H3,(H,26,27). The van der Waals surface area contributed by atoms with Crippen LogP contribution in [0.4, 0.5) is 11.4 Å². The number of rotatable bonds is 6. The van der Waals surface area contributed by atoms with E-state index in [0.29, 0.717) is 28.6 Å². The minimum absolute atomic E-state index is 0.272. The van der Waals surface area contributed by atoms with Gasteiger partial charge in [-0.1, -0.05) is 41.4 Å². The average Bonchev–Trinajstić information content (AvgIpc) is 2.70. The molecule has 0 radical (unpaired) electrons. The van der Waals surface area contributed by atoms with Gasteiger partial charge in [0.25, 0.3) is 5.91 Å². The molecule has 5 nitrogen and oxygen atoms in total. The maximum atomic E-state index is 12.7. The minimum atomic E-state index is -0.272. The molecule has 0 saturated carbocycles. The van der Waals surface area contributed by atoms with Gasteiger partial charge in [-0.2, -0.15) is 0 Å². The molecule has 28 heavy (non-hydrogen) atoms. The summed E-state index contributed by atoms with van der Waals surface area (Å²) in [6.45, 7) is 4.58. The number of aromatic nitrogens is 1. The predicted molar refractivity (Wildman–Crippen MR) is 113 cm³/mol. The molecule has 0 spiro atoms. The monoisotopic (exact) mass is 395 g/mol. The summed E-state index contributed by atoms with van der Waals surface area (Å²) in [5.74, 6) is 0.233. The van der Waals surface area contributed by atoms with Gasteiger partial charge in [-0.3, -0.25) is 9.78 Å². The Bertz CT molecular complexity index is 988. The first kappa shape index (κ1) is 19.7. The highest BCUT2D eigenvalue weighted by Gasteiger charge is 2.13. The quantitative estimate of drug-likeness (QED) is 0.600. The van der Waals surface area contributed by atoms with Crippen LogP contribution in [0.3, 0.4) is 0 Å². The van der Waals surface area contributed by atoms with E-state index in [2.05, 4.69) is 46.8 Å². The third-order valence-corrected chi connectivity index (χ3v) is 4.75. The van der Waals surface area contributed by atoms with Crippen molar-refractivity contribution in [1.29, 1.82) is 0 Å². The van der Waals surface area contributed by atoms with E-state index in [1.54, 1.807) is 24.4 Å². The molecule has 144 valence electrons. The van der Waals surface area contributed by atoms with Crippen molar-refractivity contribution >= 4 is 28.9 Å². The molecule has 0 fully saturated rings. The topological polar surface area (TPSA) is 63.2 Å². The van der Waals surface area contributed by atoms with Crippen LogP contribution >= 0.6 is 11.6 Å². The average molecular weight is 396 g/mol. The van der Waals surface area contributed by atoms with Gasteiger partial charge < -0.3 is 15.4 Å². The predicted octanol–water partition coefficient (Wildman–Crippen LogP) is 5.22. The summed E-state index contributed by atoms with van der Waals surface area (Å²) >= 11 is 6.12. The lowest BCUT2D eigenvalue weighted by molar-refractivity contribution is 0.102. The van der Waals surface area contributed by atoms with Crippen molar-refractivity contribution < 1.29 is 9.53 Å². The summed E-state index contributed by atoms with van der Waals surface area (Å²) in [4.78, 5) is 16.8. The van der Waals surface area contributed by atoms with Gasteiger partial charge in [0.05, 0.1) is 24.0 Å². The molecule has 1 amide bonds. The van der Waals surface area contributed by atoms with Gasteiger partial charge in [0, 0.05) is 30.0 Å². The Morgan fingerprint density at radius 2 is 1.86 bits per heavy atom. The van der Waals surface area contributed by atoms with Gasteiger partial charge in [0.15, 0.2) is 0 Å². The lowest BCUT2D eigenvalue weighted by atomic mass is 10.1. The van der Waals surface area contributed by atoms with Crippen molar-refractivity contribution in [2.75, 3.05) is 17.7 Å². The van der Waals surface area contributed by atoms with Crippen molar-refractivity contribution in [1.82, 2.24) is 4.98 Å². The Labute approximate surface area is 169 Å². The number of amides is 1. The molecule has 0 aliphatic carbocycles. The Morgan fingerprint density at radius 3 is 2.57 bits per heavy atom. The number of aryl methyl sites for hydroxylation is 2. The van der Waals surface area contributed by atoms with Gasteiger partial charge in [-0.05, 0) is 37.1 Å². The number of pyridine rings is 1. The molecular weight excluding hydrogens is 374 g/mol. The smallest absolute Gasteiger partial charge is 0.257 e. The number of anilines is 2. The Hall–Kier alpha value is -3.05. The van der Waals surface area contributed by atoms with E-state index >= 15 is 0 Å². The van der Waals surface area contributed by atoms with Crippen molar-refractivity contribution in [3.63, 3.8) is 0 Å². The summed E-state index contributed by atoms with van der Waals surface area (Å²) in [5.41, 5.74) is 5.01. The van der Waals surface area contributed by atoms with Crippen molar-refractivity contribution in [2.45, 2.75) is 20.4 Å². The van der Waals surface area contributed by atoms with E-state index in [9.17, 15) is 4.79 Å².